The van der Waals surface area contributed by atoms with Crippen LogP contribution in [-0.4, -0.2) is 37.3 Å². The van der Waals surface area contributed by atoms with E-state index in [4.69, 9.17) is 9.47 Å². The summed E-state index contributed by atoms with van der Waals surface area (Å²) in [7, 11) is 0. The van der Waals surface area contributed by atoms with E-state index in [0.717, 1.165) is 41.1 Å². The first-order valence-electron chi connectivity index (χ1n) is 11.7. The molecule has 34 heavy (non-hydrogen) atoms. The highest BCUT2D eigenvalue weighted by atomic mass is 32.2. The highest BCUT2D eigenvalue weighted by Gasteiger charge is 2.41. The molecule has 0 amide bonds. The van der Waals surface area contributed by atoms with Crippen molar-refractivity contribution < 1.29 is 19.1 Å². The van der Waals surface area contributed by atoms with Gasteiger partial charge in [-0.2, -0.15) is 0 Å². The van der Waals surface area contributed by atoms with E-state index < -0.39 is 5.92 Å². The molecule has 3 aliphatic rings. The molecule has 2 aromatic rings. The van der Waals surface area contributed by atoms with Crippen molar-refractivity contribution in [2.75, 3.05) is 19.5 Å². The average Bonchev–Trinajstić information content (AvgIpc) is 3.56. The van der Waals surface area contributed by atoms with Crippen LogP contribution in [0.2, 0.25) is 0 Å². The molecule has 2 aliphatic heterocycles. The zero-order valence-corrected chi connectivity index (χ0v) is 21.1. The molecule has 3 heterocycles. The Morgan fingerprint density at radius 2 is 2.06 bits per heavy atom. The van der Waals surface area contributed by atoms with E-state index in [-0.39, 0.29) is 30.4 Å². The zero-order valence-electron chi connectivity index (χ0n) is 19.5. The van der Waals surface area contributed by atoms with Crippen molar-refractivity contribution >= 4 is 34.9 Å². The molecular weight excluding hydrogens is 466 g/mol. The lowest BCUT2D eigenvalue weighted by Gasteiger charge is -2.36. The Kier molecular flexibility index (Phi) is 6.95. The number of ketones is 1. The second kappa shape index (κ2) is 10.1. The fraction of sp³-hybridized carbons (Fsp3) is 0.407. The predicted molar refractivity (Wildman–Crippen MR) is 135 cm³/mol. The molecule has 1 saturated heterocycles. The summed E-state index contributed by atoms with van der Waals surface area (Å²) in [6.45, 7) is 2.87. The molecular formula is C27H29NO4S2. The number of carbonyl (C=O) groups is 2. The smallest absolute Gasteiger partial charge is 0.336 e. The number of hydrogen-bond donors (Lipinski definition) is 1. The summed E-state index contributed by atoms with van der Waals surface area (Å²) < 4.78 is 11.4. The lowest BCUT2D eigenvalue weighted by atomic mass is 9.72. The van der Waals surface area contributed by atoms with E-state index in [9.17, 15) is 9.59 Å². The van der Waals surface area contributed by atoms with E-state index in [1.54, 1.807) is 23.1 Å². The Morgan fingerprint density at radius 1 is 1.24 bits per heavy atom. The summed E-state index contributed by atoms with van der Waals surface area (Å²) >= 11 is 3.36. The standard InChI is InChI=1S/C27H29NO4S2/c1-16-24(27(30)32-15-19-5-3-11-31-19)25(17-7-9-20(33-2)10-8-17)26-21(28-16)13-18(14-22(26)29)23-6-4-12-34-23/h4,6-10,12,18-19,25,28H,3,5,11,13-15H2,1-2H3/t18-,19+,25-/m0/s1. The maximum Gasteiger partial charge on any atom is 0.336 e. The number of ether oxygens (including phenoxy) is 2. The van der Waals surface area contributed by atoms with E-state index in [1.165, 1.54) is 4.88 Å². The number of thiophene rings is 1. The molecule has 1 aromatic carbocycles. The number of thioether (sulfide) groups is 1. The monoisotopic (exact) mass is 495 g/mol. The molecule has 178 valence electrons. The van der Waals surface area contributed by atoms with Gasteiger partial charge in [0.2, 0.25) is 0 Å². The van der Waals surface area contributed by atoms with Gasteiger partial charge in [-0.05, 0) is 61.6 Å². The van der Waals surface area contributed by atoms with Gasteiger partial charge in [-0.15, -0.1) is 23.1 Å². The number of benzene rings is 1. The number of allylic oxidation sites excluding steroid dienone is 3. The second-order valence-corrected chi connectivity index (χ2v) is 10.9. The van der Waals surface area contributed by atoms with Crippen LogP contribution in [-0.2, 0) is 19.1 Å². The number of Topliss-reactive ketones (excluding diaryl/α,β-unsaturated/α-hetero) is 1. The molecule has 0 spiro atoms. The predicted octanol–water partition coefficient (Wildman–Crippen LogP) is 5.55. The Labute approximate surface area is 208 Å². The third-order valence-electron chi connectivity index (χ3n) is 6.87. The Bertz CT molecular complexity index is 1130. The molecule has 1 aliphatic carbocycles. The first kappa shape index (κ1) is 23.4. The van der Waals surface area contributed by atoms with Gasteiger partial charge in [-0.25, -0.2) is 4.79 Å². The number of hydrogen-bond acceptors (Lipinski definition) is 7. The number of carbonyl (C=O) groups excluding carboxylic acids is 2. The van der Waals surface area contributed by atoms with Crippen LogP contribution >= 0.6 is 23.1 Å². The van der Waals surface area contributed by atoms with Gasteiger partial charge in [0.25, 0.3) is 0 Å². The zero-order chi connectivity index (χ0) is 23.7. The van der Waals surface area contributed by atoms with Crippen molar-refractivity contribution in [1.29, 1.82) is 0 Å². The maximum atomic E-state index is 13.6. The van der Waals surface area contributed by atoms with Crippen LogP contribution in [0.1, 0.15) is 54.9 Å². The van der Waals surface area contributed by atoms with Crippen LogP contribution in [0.5, 0.6) is 0 Å². The quantitative estimate of drug-likeness (QED) is 0.419. The second-order valence-electron chi connectivity index (χ2n) is 9.04. The fourth-order valence-electron chi connectivity index (χ4n) is 5.19. The molecule has 0 unspecified atom stereocenters. The summed E-state index contributed by atoms with van der Waals surface area (Å²) in [6, 6.07) is 12.3. The lowest BCUT2D eigenvalue weighted by Crippen LogP contribution is -2.36. The van der Waals surface area contributed by atoms with E-state index in [2.05, 4.69) is 28.9 Å². The summed E-state index contributed by atoms with van der Waals surface area (Å²) in [5.74, 6) is -0.540. The summed E-state index contributed by atoms with van der Waals surface area (Å²) in [5, 5.41) is 5.49. The van der Waals surface area contributed by atoms with Crippen LogP contribution in [0.3, 0.4) is 0 Å². The van der Waals surface area contributed by atoms with Gasteiger partial charge in [0.05, 0.1) is 11.7 Å². The molecule has 1 aromatic heterocycles. The fourth-order valence-corrected chi connectivity index (χ4v) is 6.42. The van der Waals surface area contributed by atoms with Crippen LogP contribution in [0.25, 0.3) is 0 Å². The largest absolute Gasteiger partial charge is 0.459 e. The van der Waals surface area contributed by atoms with Gasteiger partial charge in [0.15, 0.2) is 5.78 Å². The minimum Gasteiger partial charge on any atom is -0.459 e. The summed E-state index contributed by atoms with van der Waals surface area (Å²) in [4.78, 5) is 29.4. The van der Waals surface area contributed by atoms with Crippen molar-refractivity contribution in [2.45, 2.75) is 55.4 Å². The van der Waals surface area contributed by atoms with E-state index >= 15 is 0 Å². The average molecular weight is 496 g/mol. The number of rotatable bonds is 6. The minimum atomic E-state index is -0.430. The molecule has 7 heteroatoms. The number of nitrogens with one attached hydrogen (secondary N) is 1. The topological polar surface area (TPSA) is 64.6 Å². The van der Waals surface area contributed by atoms with Gasteiger partial charge in [-0.3, -0.25) is 4.79 Å². The Morgan fingerprint density at radius 3 is 2.74 bits per heavy atom. The molecule has 5 nitrogen and oxygen atoms in total. The van der Waals surface area contributed by atoms with E-state index in [1.807, 2.05) is 31.4 Å². The lowest BCUT2D eigenvalue weighted by molar-refractivity contribution is -0.142. The molecule has 0 radical (unpaired) electrons. The van der Waals surface area contributed by atoms with Crippen LogP contribution in [0, 0.1) is 0 Å². The van der Waals surface area contributed by atoms with Crippen molar-refractivity contribution in [3.05, 3.63) is 74.8 Å². The SMILES string of the molecule is CSc1ccc([C@H]2C(C(=O)OC[C@H]3CCCO3)=C(C)NC3=C2C(=O)C[C@@H](c2cccs2)C3)cc1. The number of esters is 1. The first-order chi connectivity index (χ1) is 16.5. The van der Waals surface area contributed by atoms with Crippen molar-refractivity contribution in [3.63, 3.8) is 0 Å². The van der Waals surface area contributed by atoms with Gasteiger partial charge >= 0.3 is 5.97 Å². The normalized spacial score (nSPS) is 24.8. The third-order valence-corrected chi connectivity index (χ3v) is 8.64. The van der Waals surface area contributed by atoms with Crippen molar-refractivity contribution in [2.24, 2.45) is 0 Å². The van der Waals surface area contributed by atoms with Gasteiger partial charge < -0.3 is 14.8 Å². The molecule has 1 fully saturated rings. The van der Waals surface area contributed by atoms with Gasteiger partial charge in [0, 0.05) is 51.6 Å². The van der Waals surface area contributed by atoms with Crippen LogP contribution < -0.4 is 5.32 Å². The molecule has 0 saturated carbocycles. The molecule has 5 rings (SSSR count). The Balaban J connectivity index is 1.50. The summed E-state index contributed by atoms with van der Waals surface area (Å²) in [5.41, 5.74) is 3.87. The van der Waals surface area contributed by atoms with Crippen LogP contribution in [0.15, 0.2) is 69.2 Å². The highest BCUT2D eigenvalue weighted by molar-refractivity contribution is 7.98. The molecule has 0 bridgehead atoms. The molecule has 1 N–H and O–H groups in total. The van der Waals surface area contributed by atoms with Gasteiger partial charge in [-0.1, -0.05) is 18.2 Å². The third kappa shape index (κ3) is 4.61. The first-order valence-corrected chi connectivity index (χ1v) is 13.9. The van der Waals surface area contributed by atoms with E-state index in [0.29, 0.717) is 24.2 Å². The van der Waals surface area contributed by atoms with Crippen molar-refractivity contribution in [1.82, 2.24) is 5.32 Å². The molecule has 3 atom stereocenters. The van der Waals surface area contributed by atoms with Crippen molar-refractivity contribution in [3.8, 4) is 0 Å². The number of dihydropyridines is 1. The maximum absolute atomic E-state index is 13.6. The highest BCUT2D eigenvalue weighted by Crippen LogP contribution is 2.46. The van der Waals surface area contributed by atoms with Gasteiger partial charge in [0.1, 0.15) is 6.61 Å². The minimum absolute atomic E-state index is 0.0432. The van der Waals surface area contributed by atoms with Crippen LogP contribution in [0.4, 0.5) is 0 Å². The summed E-state index contributed by atoms with van der Waals surface area (Å²) in [6.07, 6.45) is 5.10. The Hall–Kier alpha value is -2.35.